The van der Waals surface area contributed by atoms with E-state index in [0.717, 1.165) is 41.9 Å². The minimum atomic E-state index is 0.776. The van der Waals surface area contributed by atoms with Crippen LogP contribution in [0, 0.1) is 6.07 Å². The number of benzene rings is 2. The molecule has 1 radical (unpaired) electrons. The molecule has 0 atom stereocenters. The fourth-order valence-electron chi connectivity index (χ4n) is 2.92. The van der Waals surface area contributed by atoms with E-state index in [0.29, 0.717) is 0 Å². The Kier molecular flexibility index (Phi) is 10.0. The van der Waals surface area contributed by atoms with E-state index in [4.69, 9.17) is 4.74 Å². The largest absolute Gasteiger partial charge is 0.494 e. The predicted molar refractivity (Wildman–Crippen MR) is 122 cm³/mol. The first kappa shape index (κ1) is 22.1. The first-order valence-corrected chi connectivity index (χ1v) is 11.4. The van der Waals surface area contributed by atoms with Crippen molar-refractivity contribution in [2.75, 3.05) is 33.0 Å². The molecule has 0 aromatic heterocycles. The van der Waals surface area contributed by atoms with Gasteiger partial charge in [-0.3, -0.25) is 0 Å². The highest BCUT2D eigenvalue weighted by Gasteiger charge is 2.07. The average molecular weight is 447 g/mol. The molecular weight excluding hydrogens is 418 g/mol. The van der Waals surface area contributed by atoms with Crippen molar-refractivity contribution >= 4 is 27.7 Å². The van der Waals surface area contributed by atoms with Crippen molar-refractivity contribution < 1.29 is 4.74 Å². The Hall–Kier alpha value is -1.23. The number of ether oxygens (including phenoxy) is 1. The first-order valence-electron chi connectivity index (χ1n) is 9.42. The summed E-state index contributed by atoms with van der Waals surface area (Å²) in [5.74, 6) is 0.948. The van der Waals surface area contributed by atoms with Crippen LogP contribution in [0.5, 0.6) is 5.75 Å². The smallest absolute Gasteiger partial charge is 0.120 e. The molecule has 0 heterocycles. The lowest BCUT2D eigenvalue weighted by molar-refractivity contribution is 0.300. The Morgan fingerprint density at radius 2 is 2.00 bits per heavy atom. The van der Waals surface area contributed by atoms with Crippen molar-refractivity contribution in [3.8, 4) is 16.9 Å². The summed E-state index contributed by atoms with van der Waals surface area (Å²) in [6, 6.07) is 15.7. The molecule has 0 aliphatic carbocycles. The van der Waals surface area contributed by atoms with Crippen LogP contribution in [0.2, 0.25) is 0 Å². The van der Waals surface area contributed by atoms with Crippen LogP contribution in [0.4, 0.5) is 0 Å². The summed E-state index contributed by atoms with van der Waals surface area (Å²) in [6.07, 6.45) is 8.85. The summed E-state index contributed by atoms with van der Waals surface area (Å²) >= 11 is 5.28. The van der Waals surface area contributed by atoms with Crippen LogP contribution in [0.15, 0.2) is 58.4 Å². The summed E-state index contributed by atoms with van der Waals surface area (Å²) in [6.45, 7) is 6.65. The van der Waals surface area contributed by atoms with E-state index in [1.165, 1.54) is 29.7 Å². The Labute approximate surface area is 177 Å². The van der Waals surface area contributed by atoms with Gasteiger partial charge in [0.15, 0.2) is 0 Å². The zero-order chi connectivity index (χ0) is 19.5. The van der Waals surface area contributed by atoms with Crippen molar-refractivity contribution in [2.45, 2.75) is 30.6 Å². The zero-order valence-corrected chi connectivity index (χ0v) is 18.7. The predicted octanol–water partition coefficient (Wildman–Crippen LogP) is 6.70. The number of hydrogen-bond donors (Lipinski definition) is 0. The van der Waals surface area contributed by atoms with Gasteiger partial charge in [-0.25, -0.2) is 0 Å². The zero-order valence-electron chi connectivity index (χ0n) is 16.3. The van der Waals surface area contributed by atoms with Crippen molar-refractivity contribution in [1.82, 2.24) is 4.90 Å². The molecule has 0 N–H and O–H groups in total. The van der Waals surface area contributed by atoms with Crippen molar-refractivity contribution in [2.24, 2.45) is 0 Å². The number of halogens is 1. The molecule has 2 aromatic rings. The van der Waals surface area contributed by atoms with Gasteiger partial charge in [0.25, 0.3) is 0 Å². The molecule has 0 aliphatic rings. The SMILES string of the molecule is C=CCN(C)CCCCCCOc1ccc(-c2[c]ccc(Br)c2)c(SC)c1. The van der Waals surface area contributed by atoms with Gasteiger partial charge in [-0.05, 0) is 80.2 Å². The van der Waals surface area contributed by atoms with E-state index in [9.17, 15) is 0 Å². The minimum Gasteiger partial charge on any atom is -0.494 e. The average Bonchev–Trinajstić information content (AvgIpc) is 2.67. The molecule has 0 fully saturated rings. The molecule has 2 aromatic carbocycles. The molecule has 0 bridgehead atoms. The van der Waals surface area contributed by atoms with E-state index in [2.05, 4.69) is 71.0 Å². The van der Waals surface area contributed by atoms with E-state index in [-0.39, 0.29) is 0 Å². The van der Waals surface area contributed by atoms with Crippen molar-refractivity contribution in [1.29, 1.82) is 0 Å². The number of rotatable bonds is 12. The fraction of sp³-hybridized carbons (Fsp3) is 0.391. The molecule has 0 amide bonds. The van der Waals surface area contributed by atoms with E-state index < -0.39 is 0 Å². The summed E-state index contributed by atoms with van der Waals surface area (Å²) < 4.78 is 7.04. The summed E-state index contributed by atoms with van der Waals surface area (Å²) in [7, 11) is 2.14. The number of likely N-dealkylation sites (N-methyl/N-ethyl adjacent to an activating group) is 1. The van der Waals surface area contributed by atoms with Gasteiger partial charge in [0.1, 0.15) is 5.75 Å². The Balaban J connectivity index is 1.78. The van der Waals surface area contributed by atoms with Crippen LogP contribution in [-0.4, -0.2) is 37.9 Å². The lowest BCUT2D eigenvalue weighted by atomic mass is 10.1. The van der Waals surface area contributed by atoms with Gasteiger partial charge in [-0.2, -0.15) is 0 Å². The number of nitrogens with zero attached hydrogens (tertiary/aromatic N) is 1. The lowest BCUT2D eigenvalue weighted by Crippen LogP contribution is -2.19. The number of thioether (sulfide) groups is 1. The van der Waals surface area contributed by atoms with E-state index in [1.807, 2.05) is 18.2 Å². The standard InChI is InChI=1S/C23H29BrNOS/c1-4-14-25(2)15-7-5-6-8-16-26-21-12-13-22(23(18-21)27-3)19-10-9-11-20(24)17-19/h4,9,11-13,17-18H,1,5-8,14-16H2,2-3H3. The molecule has 2 nitrogen and oxygen atoms in total. The number of hydrogen-bond acceptors (Lipinski definition) is 3. The van der Waals surface area contributed by atoms with Gasteiger partial charge in [0.05, 0.1) is 6.61 Å². The second kappa shape index (κ2) is 12.3. The fourth-order valence-corrected chi connectivity index (χ4v) is 3.91. The van der Waals surface area contributed by atoms with Crippen LogP contribution in [0.1, 0.15) is 25.7 Å². The second-order valence-electron chi connectivity index (χ2n) is 6.60. The molecule has 0 aliphatic heterocycles. The molecule has 27 heavy (non-hydrogen) atoms. The molecule has 2 rings (SSSR count). The molecular formula is C23H29BrNOS. The summed E-state index contributed by atoms with van der Waals surface area (Å²) in [5.41, 5.74) is 2.29. The monoisotopic (exact) mass is 446 g/mol. The summed E-state index contributed by atoms with van der Waals surface area (Å²) in [5, 5.41) is 0. The van der Waals surface area contributed by atoms with Gasteiger partial charge >= 0.3 is 0 Å². The third-order valence-electron chi connectivity index (χ3n) is 4.37. The Morgan fingerprint density at radius 1 is 1.19 bits per heavy atom. The normalized spacial score (nSPS) is 11.0. The van der Waals surface area contributed by atoms with Crippen LogP contribution in [0.25, 0.3) is 11.1 Å². The first-order chi connectivity index (χ1) is 13.1. The highest BCUT2D eigenvalue weighted by molar-refractivity contribution is 9.10. The van der Waals surface area contributed by atoms with Gasteiger partial charge in [-0.15, -0.1) is 18.3 Å². The van der Waals surface area contributed by atoms with Crippen LogP contribution in [-0.2, 0) is 0 Å². The molecule has 4 heteroatoms. The third kappa shape index (κ3) is 7.73. The van der Waals surface area contributed by atoms with E-state index >= 15 is 0 Å². The highest BCUT2D eigenvalue weighted by atomic mass is 79.9. The molecule has 0 spiro atoms. The maximum absolute atomic E-state index is 5.97. The maximum atomic E-state index is 5.97. The molecule has 0 saturated carbocycles. The molecule has 0 saturated heterocycles. The van der Waals surface area contributed by atoms with Gasteiger partial charge in [0.2, 0.25) is 0 Å². The van der Waals surface area contributed by atoms with Crippen molar-refractivity contribution in [3.05, 3.63) is 59.6 Å². The minimum absolute atomic E-state index is 0.776. The lowest BCUT2D eigenvalue weighted by Gasteiger charge is -2.14. The third-order valence-corrected chi connectivity index (χ3v) is 5.64. The van der Waals surface area contributed by atoms with Gasteiger partial charge in [0, 0.05) is 15.9 Å². The molecule has 0 unspecified atom stereocenters. The van der Waals surface area contributed by atoms with Crippen LogP contribution in [0.3, 0.4) is 0 Å². The Morgan fingerprint density at radius 3 is 2.74 bits per heavy atom. The topological polar surface area (TPSA) is 12.5 Å². The van der Waals surface area contributed by atoms with Crippen molar-refractivity contribution in [3.63, 3.8) is 0 Å². The Bertz CT molecular complexity index is 719. The van der Waals surface area contributed by atoms with Crippen LogP contribution >= 0.6 is 27.7 Å². The van der Waals surface area contributed by atoms with Gasteiger partial charge in [-0.1, -0.05) is 40.9 Å². The molecule has 145 valence electrons. The quantitative estimate of drug-likeness (QED) is 0.204. The second-order valence-corrected chi connectivity index (χ2v) is 8.36. The highest BCUT2D eigenvalue weighted by Crippen LogP contribution is 2.34. The van der Waals surface area contributed by atoms with Crippen LogP contribution < -0.4 is 4.74 Å². The number of unbranched alkanes of at least 4 members (excludes halogenated alkanes) is 3. The van der Waals surface area contributed by atoms with E-state index in [1.54, 1.807) is 11.8 Å². The maximum Gasteiger partial charge on any atom is 0.120 e. The van der Waals surface area contributed by atoms with Gasteiger partial charge < -0.3 is 9.64 Å². The summed E-state index contributed by atoms with van der Waals surface area (Å²) in [4.78, 5) is 3.52.